The number of aliphatic hydroxyl groups is 1. The van der Waals surface area contributed by atoms with Gasteiger partial charge in [-0.05, 0) is 13.8 Å². The number of hydrogen-bond donors (Lipinski definition) is 1. The largest absolute Gasteiger partial charge is 0.507 e. The second kappa shape index (κ2) is 1.72. The number of carbonyl (C=O) groups is 1. The van der Waals surface area contributed by atoms with E-state index < -0.39 is 0 Å². The predicted molar refractivity (Wildman–Crippen MR) is 34.1 cm³/mol. The second-order valence-corrected chi connectivity index (χ2v) is 2.01. The first-order valence-electron chi connectivity index (χ1n) is 2.79. The molecule has 9 heavy (non-hydrogen) atoms. The van der Waals surface area contributed by atoms with Crippen molar-refractivity contribution in [2.75, 3.05) is 0 Å². The Labute approximate surface area is 53.5 Å². The minimum atomic E-state index is -0.0324. The topological polar surface area (TPSA) is 37.3 Å². The fourth-order valence-corrected chi connectivity index (χ4v) is 0.824. The van der Waals surface area contributed by atoms with Gasteiger partial charge >= 0.3 is 0 Å². The van der Waals surface area contributed by atoms with E-state index in [4.69, 9.17) is 5.11 Å². The average Bonchev–Trinajstić information content (AvgIpc) is 1.89. The van der Waals surface area contributed by atoms with Crippen molar-refractivity contribution < 1.29 is 9.90 Å². The van der Waals surface area contributed by atoms with Crippen molar-refractivity contribution >= 4 is 5.78 Å². The molecule has 0 aromatic heterocycles. The summed E-state index contributed by atoms with van der Waals surface area (Å²) in [5.41, 5.74) is 0.926. The van der Waals surface area contributed by atoms with Crippen LogP contribution in [0.4, 0.5) is 0 Å². The third-order valence-electron chi connectivity index (χ3n) is 1.48. The molecular formula is C7H8O2. The van der Waals surface area contributed by atoms with Crippen LogP contribution in [0.2, 0.25) is 0 Å². The summed E-state index contributed by atoms with van der Waals surface area (Å²) < 4.78 is 0. The Morgan fingerprint density at radius 2 is 2.11 bits per heavy atom. The Morgan fingerprint density at radius 1 is 1.56 bits per heavy atom. The molecule has 2 heteroatoms. The van der Waals surface area contributed by atoms with Crippen LogP contribution in [-0.2, 0) is 4.79 Å². The van der Waals surface area contributed by atoms with Crippen LogP contribution in [0, 0.1) is 0 Å². The lowest BCUT2D eigenvalue weighted by Gasteiger charge is -2.16. The highest BCUT2D eigenvalue weighted by Gasteiger charge is 2.28. The molecule has 0 fully saturated rings. The molecule has 0 bridgehead atoms. The fourth-order valence-electron chi connectivity index (χ4n) is 0.824. The van der Waals surface area contributed by atoms with Crippen molar-refractivity contribution in [3.05, 3.63) is 23.0 Å². The van der Waals surface area contributed by atoms with E-state index in [9.17, 15) is 4.79 Å². The molecule has 48 valence electrons. The zero-order valence-electron chi connectivity index (χ0n) is 5.43. The summed E-state index contributed by atoms with van der Waals surface area (Å²) in [4.78, 5) is 10.7. The maximum absolute atomic E-state index is 10.7. The van der Waals surface area contributed by atoms with Crippen LogP contribution >= 0.6 is 0 Å². The Kier molecular flexibility index (Phi) is 1.16. The molecule has 0 saturated heterocycles. The van der Waals surface area contributed by atoms with Gasteiger partial charge in [-0.1, -0.05) is 6.08 Å². The van der Waals surface area contributed by atoms with Gasteiger partial charge in [0.25, 0.3) is 0 Å². The third-order valence-corrected chi connectivity index (χ3v) is 1.48. The number of carbonyl (C=O) groups excluding carboxylic acids is 1. The van der Waals surface area contributed by atoms with Crippen molar-refractivity contribution in [3.63, 3.8) is 0 Å². The van der Waals surface area contributed by atoms with Gasteiger partial charge in [-0.25, -0.2) is 0 Å². The SMILES string of the molecule is CC=C1C(=O)C(C)=C1O. The zero-order chi connectivity index (χ0) is 7.02. The van der Waals surface area contributed by atoms with Gasteiger partial charge in [0.2, 0.25) is 0 Å². The van der Waals surface area contributed by atoms with E-state index in [1.807, 2.05) is 0 Å². The lowest BCUT2D eigenvalue weighted by Crippen LogP contribution is -2.19. The van der Waals surface area contributed by atoms with Crippen molar-refractivity contribution in [2.45, 2.75) is 13.8 Å². The predicted octanol–water partition coefficient (Wildman–Crippen LogP) is 1.35. The summed E-state index contributed by atoms with van der Waals surface area (Å²) in [6, 6.07) is 0. The summed E-state index contributed by atoms with van der Waals surface area (Å²) in [6.07, 6.45) is 1.62. The molecule has 0 aromatic carbocycles. The van der Waals surface area contributed by atoms with Crippen LogP contribution in [0.15, 0.2) is 23.0 Å². The second-order valence-electron chi connectivity index (χ2n) is 2.01. The minimum Gasteiger partial charge on any atom is -0.507 e. The molecule has 0 aromatic rings. The normalized spacial score (nSPS) is 22.9. The van der Waals surface area contributed by atoms with E-state index in [0.29, 0.717) is 11.1 Å². The standard InChI is InChI=1S/C7H8O2/c1-3-5-6(8)4(2)7(5)9/h3,8H,1-2H3. The van der Waals surface area contributed by atoms with Crippen LogP contribution < -0.4 is 0 Å². The van der Waals surface area contributed by atoms with Gasteiger partial charge in [-0.15, -0.1) is 0 Å². The van der Waals surface area contributed by atoms with Crippen LogP contribution in [0.3, 0.4) is 0 Å². The molecule has 0 saturated carbocycles. The molecule has 0 amide bonds. The quantitative estimate of drug-likeness (QED) is 0.495. The first-order valence-corrected chi connectivity index (χ1v) is 2.79. The minimum absolute atomic E-state index is 0.0324. The van der Waals surface area contributed by atoms with Gasteiger partial charge in [-0.3, -0.25) is 4.79 Å². The van der Waals surface area contributed by atoms with Gasteiger partial charge in [0.15, 0.2) is 5.78 Å². The van der Waals surface area contributed by atoms with Crippen molar-refractivity contribution in [2.24, 2.45) is 0 Å². The molecule has 1 rings (SSSR count). The number of aliphatic hydroxyl groups excluding tert-OH is 1. The number of hydrogen-bond acceptors (Lipinski definition) is 2. The van der Waals surface area contributed by atoms with Crippen molar-refractivity contribution in [3.8, 4) is 0 Å². The van der Waals surface area contributed by atoms with Crippen LogP contribution in [0.5, 0.6) is 0 Å². The van der Waals surface area contributed by atoms with E-state index in [1.54, 1.807) is 19.9 Å². The molecule has 2 nitrogen and oxygen atoms in total. The molecule has 1 N–H and O–H groups in total. The molecule has 0 aliphatic heterocycles. The van der Waals surface area contributed by atoms with Crippen molar-refractivity contribution in [1.29, 1.82) is 0 Å². The van der Waals surface area contributed by atoms with Crippen molar-refractivity contribution in [1.82, 2.24) is 0 Å². The molecule has 0 atom stereocenters. The Hall–Kier alpha value is -1.05. The fraction of sp³-hybridized carbons (Fsp3) is 0.286. The highest BCUT2D eigenvalue weighted by molar-refractivity contribution is 6.18. The summed E-state index contributed by atoms with van der Waals surface area (Å²) in [7, 11) is 0. The van der Waals surface area contributed by atoms with Gasteiger partial charge in [-0.2, -0.15) is 0 Å². The van der Waals surface area contributed by atoms with E-state index in [1.165, 1.54) is 0 Å². The Balaban J connectivity index is 3.06. The van der Waals surface area contributed by atoms with Gasteiger partial charge in [0, 0.05) is 5.57 Å². The number of ketones is 1. The highest BCUT2D eigenvalue weighted by Crippen LogP contribution is 2.26. The molecule has 0 unspecified atom stereocenters. The summed E-state index contributed by atoms with van der Waals surface area (Å²) >= 11 is 0. The smallest absolute Gasteiger partial charge is 0.195 e. The summed E-state index contributed by atoms with van der Waals surface area (Å²) in [6.45, 7) is 3.35. The van der Waals surface area contributed by atoms with E-state index >= 15 is 0 Å². The van der Waals surface area contributed by atoms with Gasteiger partial charge in [0.05, 0.1) is 5.57 Å². The average molecular weight is 124 g/mol. The van der Waals surface area contributed by atoms with Crippen LogP contribution in [0.25, 0.3) is 0 Å². The van der Waals surface area contributed by atoms with E-state index in [0.717, 1.165) is 0 Å². The number of rotatable bonds is 0. The van der Waals surface area contributed by atoms with Gasteiger partial charge < -0.3 is 5.11 Å². The molecule has 0 radical (unpaired) electrons. The maximum Gasteiger partial charge on any atom is 0.195 e. The van der Waals surface area contributed by atoms with Gasteiger partial charge in [0.1, 0.15) is 5.76 Å². The third kappa shape index (κ3) is 0.593. The number of Topliss-reactive ketones (excluding diaryl/α,β-unsaturated/α-hetero) is 1. The van der Waals surface area contributed by atoms with Crippen LogP contribution in [-0.4, -0.2) is 10.9 Å². The summed E-state index contributed by atoms with van der Waals surface area (Å²) in [5.74, 6) is 0.123. The highest BCUT2D eigenvalue weighted by atomic mass is 16.3. The molecule has 1 aliphatic rings. The first kappa shape index (κ1) is 6.08. The Morgan fingerprint density at radius 3 is 2.33 bits per heavy atom. The first-order chi connectivity index (χ1) is 4.18. The maximum atomic E-state index is 10.7. The lowest BCUT2D eigenvalue weighted by atomic mass is 9.89. The van der Waals surface area contributed by atoms with Crippen LogP contribution in [0.1, 0.15) is 13.8 Å². The number of allylic oxidation sites excluding steroid dienone is 3. The molecule has 0 heterocycles. The monoisotopic (exact) mass is 124 g/mol. The molecule has 0 spiro atoms. The molecule has 1 aliphatic carbocycles. The zero-order valence-corrected chi connectivity index (χ0v) is 5.43. The Bertz CT molecular complexity index is 221. The summed E-state index contributed by atoms with van der Waals surface area (Å²) in [5, 5.41) is 8.94. The van der Waals surface area contributed by atoms with E-state index in [-0.39, 0.29) is 11.5 Å². The van der Waals surface area contributed by atoms with E-state index in [2.05, 4.69) is 0 Å². The lowest BCUT2D eigenvalue weighted by molar-refractivity contribution is -0.113. The molecular weight excluding hydrogens is 116 g/mol.